The fourth-order valence-corrected chi connectivity index (χ4v) is 3.50. The number of primary amides is 1. The van der Waals surface area contributed by atoms with Crippen LogP contribution in [-0.4, -0.2) is 56.0 Å². The predicted octanol–water partition coefficient (Wildman–Crippen LogP) is 0.144. The van der Waals surface area contributed by atoms with E-state index >= 15 is 0 Å². The molecule has 0 radical (unpaired) electrons. The van der Waals surface area contributed by atoms with Crippen LogP contribution in [0, 0.1) is 17.6 Å². The summed E-state index contributed by atoms with van der Waals surface area (Å²) in [6.07, 6.45) is 1.07. The summed E-state index contributed by atoms with van der Waals surface area (Å²) in [6, 6.07) is 3.20. The van der Waals surface area contributed by atoms with Crippen molar-refractivity contribution in [1.29, 1.82) is 0 Å². The molecule has 1 heterocycles. The number of sulfonamides is 1. The van der Waals surface area contributed by atoms with Gasteiger partial charge in [-0.05, 0) is 17.7 Å². The molecule has 1 saturated heterocycles. The van der Waals surface area contributed by atoms with E-state index in [9.17, 15) is 22.0 Å². The largest absolute Gasteiger partial charge is 0.369 e. The van der Waals surface area contributed by atoms with E-state index in [-0.39, 0.29) is 26.2 Å². The average Bonchev–Trinajstić information content (AvgIpc) is 2.59. The van der Waals surface area contributed by atoms with E-state index in [1.807, 2.05) is 0 Å². The van der Waals surface area contributed by atoms with Crippen molar-refractivity contribution in [1.82, 2.24) is 9.21 Å². The van der Waals surface area contributed by atoms with E-state index in [0.29, 0.717) is 12.1 Å². The summed E-state index contributed by atoms with van der Waals surface area (Å²) in [7, 11) is -3.45. The normalized spacial score (nSPS) is 21.1. The zero-order valence-electron chi connectivity index (χ0n) is 12.7. The maximum absolute atomic E-state index is 13.3. The second kappa shape index (κ2) is 6.90. The molecule has 1 aliphatic heterocycles. The van der Waals surface area contributed by atoms with Crippen LogP contribution in [0.2, 0.25) is 0 Å². The highest BCUT2D eigenvalue weighted by molar-refractivity contribution is 7.88. The lowest BCUT2D eigenvalue weighted by Crippen LogP contribution is -2.40. The molecule has 0 spiro atoms. The molecule has 0 unspecified atom stereocenters. The van der Waals surface area contributed by atoms with E-state index < -0.39 is 33.5 Å². The van der Waals surface area contributed by atoms with Gasteiger partial charge in [0.15, 0.2) is 0 Å². The van der Waals surface area contributed by atoms with E-state index in [1.54, 1.807) is 4.90 Å². The molecule has 9 heteroatoms. The summed E-state index contributed by atoms with van der Waals surface area (Å²) in [4.78, 5) is 13.3. The fraction of sp³-hybridized carbons (Fsp3) is 0.500. The molecule has 1 aliphatic rings. The number of halogens is 2. The van der Waals surface area contributed by atoms with E-state index in [1.165, 1.54) is 16.4 Å². The standard InChI is InChI=1S/C14H19F2N3O3S/c1-23(21,22)19-3-2-18(8-11(9-19)14(17)20)7-10-4-12(15)6-13(16)5-10/h4-6,11H,2-3,7-9H2,1H3,(H2,17,20)/t11-/m0/s1. The van der Waals surface area contributed by atoms with Crippen molar-refractivity contribution in [2.45, 2.75) is 6.54 Å². The number of carbonyl (C=O) groups excluding carboxylic acids is 1. The zero-order chi connectivity index (χ0) is 17.2. The highest BCUT2D eigenvalue weighted by Crippen LogP contribution is 2.16. The SMILES string of the molecule is CS(=O)(=O)N1CCN(Cc2cc(F)cc(F)c2)C[C@H](C(N)=O)C1. The second-order valence-electron chi connectivity index (χ2n) is 5.73. The third kappa shape index (κ3) is 4.95. The molecule has 2 N–H and O–H groups in total. The fourth-order valence-electron chi connectivity index (χ4n) is 2.64. The smallest absolute Gasteiger partial charge is 0.223 e. The lowest BCUT2D eigenvalue weighted by Gasteiger charge is -2.22. The minimum Gasteiger partial charge on any atom is -0.369 e. The highest BCUT2D eigenvalue weighted by Gasteiger charge is 2.30. The first-order valence-electron chi connectivity index (χ1n) is 7.07. The van der Waals surface area contributed by atoms with E-state index in [0.717, 1.165) is 12.3 Å². The van der Waals surface area contributed by atoms with Crippen LogP contribution in [0.5, 0.6) is 0 Å². The zero-order valence-corrected chi connectivity index (χ0v) is 13.5. The number of nitrogens with two attached hydrogens (primary N) is 1. The van der Waals surface area contributed by atoms with E-state index in [4.69, 9.17) is 5.73 Å². The molecule has 6 nitrogen and oxygen atoms in total. The quantitative estimate of drug-likeness (QED) is 0.840. The summed E-state index contributed by atoms with van der Waals surface area (Å²) in [5, 5.41) is 0. The van der Waals surface area contributed by atoms with Gasteiger partial charge in [0, 0.05) is 38.8 Å². The predicted molar refractivity (Wildman–Crippen MR) is 80.7 cm³/mol. The van der Waals surface area contributed by atoms with Crippen molar-refractivity contribution >= 4 is 15.9 Å². The van der Waals surface area contributed by atoms with Gasteiger partial charge in [-0.25, -0.2) is 21.5 Å². The minimum atomic E-state index is -3.45. The molecule has 1 atom stereocenters. The molecule has 2 rings (SSSR count). The van der Waals surface area contributed by atoms with Crippen molar-refractivity contribution < 1.29 is 22.0 Å². The number of amides is 1. The van der Waals surface area contributed by atoms with Gasteiger partial charge >= 0.3 is 0 Å². The van der Waals surface area contributed by atoms with Gasteiger partial charge in [-0.2, -0.15) is 0 Å². The molecule has 0 aromatic heterocycles. The van der Waals surface area contributed by atoms with Crippen LogP contribution in [0.4, 0.5) is 8.78 Å². The summed E-state index contributed by atoms with van der Waals surface area (Å²) >= 11 is 0. The van der Waals surface area contributed by atoms with Gasteiger partial charge in [0.05, 0.1) is 12.2 Å². The van der Waals surface area contributed by atoms with Gasteiger partial charge in [0.2, 0.25) is 15.9 Å². The third-order valence-electron chi connectivity index (χ3n) is 3.77. The van der Waals surface area contributed by atoms with Gasteiger partial charge in [0.25, 0.3) is 0 Å². The topological polar surface area (TPSA) is 83.7 Å². The number of carbonyl (C=O) groups is 1. The summed E-state index contributed by atoms with van der Waals surface area (Å²) in [5.74, 6) is -2.64. The van der Waals surface area contributed by atoms with Gasteiger partial charge in [-0.3, -0.25) is 9.69 Å². The Labute approximate surface area is 133 Å². The first-order valence-corrected chi connectivity index (χ1v) is 8.92. The number of rotatable bonds is 4. The number of benzene rings is 1. The van der Waals surface area contributed by atoms with Crippen molar-refractivity contribution in [3.05, 3.63) is 35.4 Å². The van der Waals surface area contributed by atoms with Gasteiger partial charge in [0.1, 0.15) is 11.6 Å². The molecular formula is C14H19F2N3O3S. The van der Waals surface area contributed by atoms with Crippen LogP contribution in [0.3, 0.4) is 0 Å². The van der Waals surface area contributed by atoms with Gasteiger partial charge in [-0.15, -0.1) is 0 Å². The van der Waals surface area contributed by atoms with Crippen LogP contribution >= 0.6 is 0 Å². The molecule has 23 heavy (non-hydrogen) atoms. The minimum absolute atomic E-state index is 0.0161. The molecule has 1 aromatic rings. The number of nitrogens with zero attached hydrogens (tertiary/aromatic N) is 2. The van der Waals surface area contributed by atoms with Crippen LogP contribution in [0.15, 0.2) is 18.2 Å². The second-order valence-corrected chi connectivity index (χ2v) is 7.72. The Morgan fingerprint density at radius 3 is 2.35 bits per heavy atom. The van der Waals surface area contributed by atoms with Crippen LogP contribution in [0.1, 0.15) is 5.56 Å². The molecule has 128 valence electrons. The summed E-state index contributed by atoms with van der Waals surface area (Å²) in [5.41, 5.74) is 5.75. The average molecular weight is 347 g/mol. The molecule has 0 aliphatic carbocycles. The van der Waals surface area contributed by atoms with Gasteiger partial charge in [-0.1, -0.05) is 0 Å². The number of hydrogen-bond donors (Lipinski definition) is 1. The first kappa shape index (κ1) is 17.8. The van der Waals surface area contributed by atoms with Crippen LogP contribution in [-0.2, 0) is 21.4 Å². The lowest BCUT2D eigenvalue weighted by atomic mass is 10.1. The van der Waals surface area contributed by atoms with E-state index in [2.05, 4.69) is 0 Å². The summed E-state index contributed by atoms with van der Waals surface area (Å²) in [6.45, 7) is 0.993. The maximum Gasteiger partial charge on any atom is 0.223 e. The molecule has 1 aromatic carbocycles. The molecule has 1 fully saturated rings. The Bertz CT molecular complexity index is 676. The first-order chi connectivity index (χ1) is 10.6. The Morgan fingerprint density at radius 2 is 1.83 bits per heavy atom. The Hall–Kier alpha value is -1.58. The highest BCUT2D eigenvalue weighted by atomic mass is 32.2. The molecular weight excluding hydrogens is 328 g/mol. The van der Waals surface area contributed by atoms with Crippen molar-refractivity contribution in [2.75, 3.05) is 32.4 Å². The van der Waals surface area contributed by atoms with Crippen LogP contribution in [0.25, 0.3) is 0 Å². The Balaban J connectivity index is 2.17. The molecule has 0 saturated carbocycles. The van der Waals surface area contributed by atoms with Gasteiger partial charge < -0.3 is 5.73 Å². The molecule has 1 amide bonds. The third-order valence-corrected chi connectivity index (χ3v) is 5.04. The van der Waals surface area contributed by atoms with Crippen molar-refractivity contribution in [3.8, 4) is 0 Å². The van der Waals surface area contributed by atoms with Crippen LogP contribution < -0.4 is 5.73 Å². The lowest BCUT2D eigenvalue weighted by molar-refractivity contribution is -0.122. The Kier molecular flexibility index (Phi) is 5.33. The summed E-state index contributed by atoms with van der Waals surface area (Å²) < 4.78 is 51.2. The number of hydrogen-bond acceptors (Lipinski definition) is 4. The molecule has 0 bridgehead atoms. The van der Waals surface area contributed by atoms with Crippen molar-refractivity contribution in [2.24, 2.45) is 11.7 Å². The van der Waals surface area contributed by atoms with Crippen molar-refractivity contribution in [3.63, 3.8) is 0 Å². The Morgan fingerprint density at radius 1 is 1.22 bits per heavy atom. The monoisotopic (exact) mass is 347 g/mol. The maximum atomic E-state index is 13.3.